The van der Waals surface area contributed by atoms with Crippen molar-refractivity contribution in [3.63, 3.8) is 0 Å². The zero-order chi connectivity index (χ0) is 21.8. The Morgan fingerprint density at radius 2 is 1.65 bits per heavy atom. The van der Waals surface area contributed by atoms with E-state index in [0.717, 1.165) is 5.82 Å². The minimum Gasteiger partial charge on any atom is -0.353 e. The molecule has 0 bridgehead atoms. The van der Waals surface area contributed by atoms with Gasteiger partial charge in [-0.05, 0) is 48.5 Å². The van der Waals surface area contributed by atoms with Gasteiger partial charge >= 0.3 is 0 Å². The van der Waals surface area contributed by atoms with Crippen molar-refractivity contribution in [3.8, 4) is 0 Å². The third kappa shape index (κ3) is 4.83. The first-order chi connectivity index (χ1) is 15.0. The highest BCUT2D eigenvalue weighted by molar-refractivity contribution is 6.30. The molecule has 1 N–H and O–H groups in total. The molecule has 1 saturated heterocycles. The number of anilines is 2. The van der Waals surface area contributed by atoms with Gasteiger partial charge in [0.25, 0.3) is 11.8 Å². The van der Waals surface area contributed by atoms with Crippen LogP contribution < -0.4 is 10.2 Å². The fraction of sp³-hybridized carbons (Fsp3) is 0.174. The lowest BCUT2D eigenvalue weighted by Gasteiger charge is -2.35. The van der Waals surface area contributed by atoms with Crippen molar-refractivity contribution in [1.82, 2.24) is 9.88 Å². The normalized spacial score (nSPS) is 13.7. The van der Waals surface area contributed by atoms with Gasteiger partial charge in [0.2, 0.25) is 0 Å². The van der Waals surface area contributed by atoms with Crippen molar-refractivity contribution in [3.05, 3.63) is 88.8 Å². The third-order valence-corrected chi connectivity index (χ3v) is 5.36. The van der Waals surface area contributed by atoms with Gasteiger partial charge in [-0.1, -0.05) is 23.7 Å². The molecule has 4 rings (SSSR count). The minimum atomic E-state index is -0.574. The van der Waals surface area contributed by atoms with Crippen molar-refractivity contribution in [1.29, 1.82) is 0 Å². The smallest absolute Gasteiger partial charge is 0.258 e. The molecule has 2 aromatic carbocycles. The Morgan fingerprint density at radius 3 is 2.29 bits per heavy atom. The highest BCUT2D eigenvalue weighted by atomic mass is 35.5. The first-order valence-corrected chi connectivity index (χ1v) is 10.2. The lowest BCUT2D eigenvalue weighted by Crippen LogP contribution is -2.49. The quantitative estimate of drug-likeness (QED) is 0.666. The minimum absolute atomic E-state index is 0.0181. The number of piperazine rings is 1. The fourth-order valence-corrected chi connectivity index (χ4v) is 3.53. The Morgan fingerprint density at radius 1 is 0.935 bits per heavy atom. The number of carbonyl (C=O) groups excluding carboxylic acids is 2. The van der Waals surface area contributed by atoms with E-state index < -0.39 is 11.7 Å². The number of rotatable bonds is 4. The summed E-state index contributed by atoms with van der Waals surface area (Å²) in [4.78, 5) is 33.1. The third-order valence-electron chi connectivity index (χ3n) is 5.11. The summed E-state index contributed by atoms with van der Waals surface area (Å²) in [5.74, 6) is -0.365. The van der Waals surface area contributed by atoms with Crippen LogP contribution in [0.5, 0.6) is 0 Å². The molecule has 0 unspecified atom stereocenters. The summed E-state index contributed by atoms with van der Waals surface area (Å²) in [5.41, 5.74) is 1.08. The molecular formula is C23H20ClFN4O2. The highest BCUT2D eigenvalue weighted by Crippen LogP contribution is 2.19. The van der Waals surface area contributed by atoms with Crippen LogP contribution in [0.1, 0.15) is 20.7 Å². The van der Waals surface area contributed by atoms with E-state index in [1.807, 2.05) is 4.90 Å². The SMILES string of the molecule is O=C(Nc1ccc(N2CCN(C(=O)c3ccc(Cl)cc3)CC2)nc1)c1ccccc1F. The summed E-state index contributed by atoms with van der Waals surface area (Å²) in [6.07, 6.45) is 1.54. The van der Waals surface area contributed by atoms with E-state index in [-0.39, 0.29) is 11.5 Å². The first kappa shape index (κ1) is 20.8. The second-order valence-electron chi connectivity index (χ2n) is 7.13. The van der Waals surface area contributed by atoms with Crippen LogP contribution in [0.25, 0.3) is 0 Å². The van der Waals surface area contributed by atoms with Crippen molar-refractivity contribution >= 4 is 34.9 Å². The zero-order valence-electron chi connectivity index (χ0n) is 16.6. The molecule has 3 aromatic rings. The monoisotopic (exact) mass is 438 g/mol. The van der Waals surface area contributed by atoms with E-state index in [2.05, 4.69) is 15.2 Å². The molecule has 2 heterocycles. The summed E-state index contributed by atoms with van der Waals surface area (Å²) in [7, 11) is 0. The highest BCUT2D eigenvalue weighted by Gasteiger charge is 2.23. The summed E-state index contributed by atoms with van der Waals surface area (Å²) in [5, 5.41) is 3.25. The predicted molar refractivity (Wildman–Crippen MR) is 118 cm³/mol. The molecule has 1 aromatic heterocycles. The lowest BCUT2D eigenvalue weighted by molar-refractivity contribution is 0.0746. The molecule has 0 saturated carbocycles. The van der Waals surface area contributed by atoms with E-state index in [1.54, 1.807) is 48.7 Å². The average Bonchev–Trinajstić information content (AvgIpc) is 2.80. The Bertz CT molecular complexity index is 1080. The Balaban J connectivity index is 1.34. The van der Waals surface area contributed by atoms with Crippen molar-refractivity contribution in [2.45, 2.75) is 0 Å². The number of pyridine rings is 1. The molecule has 1 fully saturated rings. The second kappa shape index (κ2) is 9.14. The maximum Gasteiger partial charge on any atom is 0.258 e. The molecule has 0 spiro atoms. The number of amides is 2. The van der Waals surface area contributed by atoms with E-state index in [9.17, 15) is 14.0 Å². The summed E-state index contributed by atoms with van der Waals surface area (Å²) in [6.45, 7) is 2.45. The molecule has 8 heteroatoms. The van der Waals surface area contributed by atoms with E-state index in [1.165, 1.54) is 18.2 Å². The topological polar surface area (TPSA) is 65.5 Å². The molecule has 158 valence electrons. The standard InChI is InChI=1S/C23H20ClFN4O2/c24-17-7-5-16(6-8-17)23(31)29-13-11-28(12-14-29)21-10-9-18(15-26-21)27-22(30)19-3-1-2-4-20(19)25/h1-10,15H,11-14H2,(H,27,30). The van der Waals surface area contributed by atoms with Gasteiger partial charge in [-0.3, -0.25) is 9.59 Å². The van der Waals surface area contributed by atoms with Crippen LogP contribution in [0.15, 0.2) is 66.9 Å². The largest absolute Gasteiger partial charge is 0.353 e. The van der Waals surface area contributed by atoms with E-state index >= 15 is 0 Å². The predicted octanol–water partition coefficient (Wildman–Crippen LogP) is 4.09. The van der Waals surface area contributed by atoms with E-state index in [0.29, 0.717) is 42.5 Å². The number of benzene rings is 2. The maximum absolute atomic E-state index is 13.7. The molecule has 1 aliphatic heterocycles. The van der Waals surface area contributed by atoms with Crippen LogP contribution in [0.3, 0.4) is 0 Å². The average molecular weight is 439 g/mol. The Kier molecular flexibility index (Phi) is 6.13. The number of halogens is 2. The maximum atomic E-state index is 13.7. The van der Waals surface area contributed by atoms with Crippen LogP contribution in [-0.2, 0) is 0 Å². The molecule has 0 radical (unpaired) electrons. The van der Waals surface area contributed by atoms with Gasteiger partial charge < -0.3 is 15.1 Å². The van der Waals surface area contributed by atoms with Gasteiger partial charge in [0.15, 0.2) is 0 Å². The Hall–Kier alpha value is -3.45. The molecule has 0 atom stereocenters. The first-order valence-electron chi connectivity index (χ1n) is 9.83. The van der Waals surface area contributed by atoms with Crippen LogP contribution in [-0.4, -0.2) is 47.9 Å². The second-order valence-corrected chi connectivity index (χ2v) is 7.56. The molecule has 0 aliphatic carbocycles. The zero-order valence-corrected chi connectivity index (χ0v) is 17.3. The van der Waals surface area contributed by atoms with Gasteiger partial charge in [0, 0.05) is 36.8 Å². The van der Waals surface area contributed by atoms with E-state index in [4.69, 9.17) is 11.6 Å². The summed E-state index contributed by atoms with van der Waals surface area (Å²) >= 11 is 5.89. The molecule has 2 amide bonds. The van der Waals surface area contributed by atoms with Gasteiger partial charge in [-0.25, -0.2) is 9.37 Å². The number of aromatic nitrogens is 1. The van der Waals surface area contributed by atoms with Crippen LogP contribution >= 0.6 is 11.6 Å². The van der Waals surface area contributed by atoms with Gasteiger partial charge in [-0.2, -0.15) is 0 Å². The van der Waals surface area contributed by atoms with Crippen molar-refractivity contribution in [2.75, 3.05) is 36.4 Å². The summed E-state index contributed by atoms with van der Waals surface area (Å²) < 4.78 is 13.7. The van der Waals surface area contributed by atoms with Gasteiger partial charge in [0.05, 0.1) is 17.4 Å². The number of carbonyl (C=O) groups is 2. The number of nitrogens with one attached hydrogen (secondary N) is 1. The van der Waals surface area contributed by atoms with Crippen molar-refractivity contribution in [2.24, 2.45) is 0 Å². The van der Waals surface area contributed by atoms with Crippen LogP contribution in [0.4, 0.5) is 15.9 Å². The molecule has 1 aliphatic rings. The number of hydrogen-bond donors (Lipinski definition) is 1. The van der Waals surface area contributed by atoms with Gasteiger partial charge in [0.1, 0.15) is 11.6 Å². The van der Waals surface area contributed by atoms with Crippen LogP contribution in [0, 0.1) is 5.82 Å². The van der Waals surface area contributed by atoms with Crippen LogP contribution in [0.2, 0.25) is 5.02 Å². The Labute approximate surface area is 184 Å². The molecule has 31 heavy (non-hydrogen) atoms. The molecular weight excluding hydrogens is 419 g/mol. The number of nitrogens with zero attached hydrogens (tertiary/aromatic N) is 3. The van der Waals surface area contributed by atoms with Gasteiger partial charge in [-0.15, -0.1) is 0 Å². The summed E-state index contributed by atoms with van der Waals surface area (Å²) in [6, 6.07) is 16.2. The molecule has 6 nitrogen and oxygen atoms in total. The number of hydrogen-bond acceptors (Lipinski definition) is 4. The fourth-order valence-electron chi connectivity index (χ4n) is 3.40. The van der Waals surface area contributed by atoms with Crippen molar-refractivity contribution < 1.29 is 14.0 Å². The lowest BCUT2D eigenvalue weighted by atomic mass is 10.2.